The Bertz CT molecular complexity index is 328. The molecule has 0 aromatic rings. The highest BCUT2D eigenvalue weighted by molar-refractivity contribution is 5.86. The Morgan fingerprint density at radius 3 is 1.24 bits per heavy atom. The van der Waals surface area contributed by atoms with Crippen molar-refractivity contribution in [3.05, 3.63) is 24.3 Å². The van der Waals surface area contributed by atoms with Crippen molar-refractivity contribution in [2.75, 3.05) is 39.6 Å². The molecule has 0 aromatic heterocycles. The summed E-state index contributed by atoms with van der Waals surface area (Å²) in [6, 6.07) is 0. The average Bonchev–Trinajstić information content (AvgIpc) is 2.43. The predicted molar refractivity (Wildman–Crippen MR) is 75.2 cm³/mol. The Balaban J connectivity index is 3.23. The summed E-state index contributed by atoms with van der Waals surface area (Å²) in [5, 5.41) is 17.1. The lowest BCUT2D eigenvalue weighted by Gasteiger charge is -2.07. The molecule has 0 aromatic carbocycles. The van der Waals surface area contributed by atoms with E-state index in [2.05, 4.69) is 13.2 Å². The molecule has 0 rings (SSSR count). The van der Waals surface area contributed by atoms with E-state index in [0.29, 0.717) is 39.6 Å². The van der Waals surface area contributed by atoms with Gasteiger partial charge in [0.25, 0.3) is 0 Å². The molecule has 0 fully saturated rings. The van der Waals surface area contributed by atoms with Crippen molar-refractivity contribution < 1.29 is 34.0 Å². The van der Waals surface area contributed by atoms with E-state index < -0.39 is 11.9 Å². The van der Waals surface area contributed by atoms with Gasteiger partial charge in [0.1, 0.15) is 0 Å². The number of carboxylic acid groups (broad SMARTS) is 2. The van der Waals surface area contributed by atoms with Gasteiger partial charge in [-0.05, 0) is 0 Å². The minimum atomic E-state index is -1.02. The smallest absolute Gasteiger partial charge is 0.331 e. The number of rotatable bonds is 14. The molecule has 7 nitrogen and oxygen atoms in total. The van der Waals surface area contributed by atoms with Gasteiger partial charge >= 0.3 is 11.9 Å². The topological polar surface area (TPSA) is 102 Å². The summed E-state index contributed by atoms with van der Waals surface area (Å²) in [6.07, 6.45) is 0.567. The molecule has 0 amide bonds. The molecule has 0 bridgehead atoms. The minimum Gasteiger partial charge on any atom is -0.478 e. The Morgan fingerprint density at radius 2 is 0.952 bits per heavy atom. The molecule has 0 unspecified atom stereocenters. The fraction of sp³-hybridized carbons (Fsp3) is 0.571. The first-order chi connectivity index (χ1) is 9.95. The van der Waals surface area contributed by atoms with Crippen LogP contribution in [0.1, 0.15) is 12.8 Å². The lowest BCUT2D eigenvalue weighted by Crippen LogP contribution is -2.11. The Hall–Kier alpha value is -1.70. The maximum atomic E-state index is 10.4. The second kappa shape index (κ2) is 12.1. The van der Waals surface area contributed by atoms with E-state index in [0.717, 1.165) is 0 Å². The van der Waals surface area contributed by atoms with E-state index in [9.17, 15) is 9.59 Å². The molecule has 7 heteroatoms. The normalized spacial score (nSPS) is 10.3. The van der Waals surface area contributed by atoms with Crippen molar-refractivity contribution >= 4 is 11.9 Å². The Morgan fingerprint density at radius 1 is 0.667 bits per heavy atom. The van der Waals surface area contributed by atoms with Crippen LogP contribution in [0.15, 0.2) is 24.3 Å². The fourth-order valence-electron chi connectivity index (χ4n) is 1.15. The molecule has 0 aliphatic rings. The van der Waals surface area contributed by atoms with Gasteiger partial charge in [-0.25, -0.2) is 9.59 Å². The average molecular weight is 302 g/mol. The van der Waals surface area contributed by atoms with Crippen molar-refractivity contribution in [3.63, 3.8) is 0 Å². The van der Waals surface area contributed by atoms with Crippen molar-refractivity contribution in [2.45, 2.75) is 12.8 Å². The summed E-state index contributed by atoms with van der Waals surface area (Å²) < 4.78 is 15.6. The lowest BCUT2D eigenvalue weighted by molar-refractivity contribution is -0.133. The molecule has 0 radical (unpaired) electrons. The van der Waals surface area contributed by atoms with Crippen molar-refractivity contribution in [3.8, 4) is 0 Å². The highest BCUT2D eigenvalue weighted by Gasteiger charge is 2.03. The molecule has 0 heterocycles. The number of carbonyl (C=O) groups is 2. The number of carboxylic acids is 2. The van der Waals surface area contributed by atoms with Crippen molar-refractivity contribution in [2.24, 2.45) is 0 Å². The standard InChI is InChI=1S/C14H22O7/c1-11(13(15)16)3-5-19-7-9-21-10-8-20-6-4-12(2)14(17)18/h1-10H2,(H,15,16)(H,17,18). The van der Waals surface area contributed by atoms with Gasteiger partial charge in [-0.1, -0.05) is 13.2 Å². The van der Waals surface area contributed by atoms with Crippen LogP contribution in [0.3, 0.4) is 0 Å². The van der Waals surface area contributed by atoms with Crippen molar-refractivity contribution in [1.82, 2.24) is 0 Å². The molecule has 0 saturated heterocycles. The third-order valence-electron chi connectivity index (χ3n) is 2.45. The zero-order chi connectivity index (χ0) is 16.1. The van der Waals surface area contributed by atoms with Gasteiger partial charge in [-0.2, -0.15) is 0 Å². The van der Waals surface area contributed by atoms with E-state index in [4.69, 9.17) is 24.4 Å². The zero-order valence-electron chi connectivity index (χ0n) is 12.0. The highest BCUT2D eigenvalue weighted by Crippen LogP contribution is 1.98. The SMILES string of the molecule is C=C(CCOCCOCCOCCC(=C)C(=O)O)C(=O)O. The van der Waals surface area contributed by atoms with E-state index in [-0.39, 0.29) is 24.0 Å². The van der Waals surface area contributed by atoms with Crippen LogP contribution in [0, 0.1) is 0 Å². The van der Waals surface area contributed by atoms with Crippen molar-refractivity contribution in [1.29, 1.82) is 0 Å². The summed E-state index contributed by atoms with van der Waals surface area (Å²) in [5.74, 6) is -2.03. The first kappa shape index (κ1) is 19.3. The lowest BCUT2D eigenvalue weighted by atomic mass is 10.2. The summed E-state index contributed by atoms with van der Waals surface area (Å²) in [7, 11) is 0. The maximum absolute atomic E-state index is 10.4. The second-order valence-corrected chi connectivity index (χ2v) is 4.15. The van der Waals surface area contributed by atoms with Crippen LogP contribution in [-0.4, -0.2) is 61.8 Å². The third kappa shape index (κ3) is 11.8. The van der Waals surface area contributed by atoms with E-state index in [1.807, 2.05) is 0 Å². The maximum Gasteiger partial charge on any atom is 0.331 e. The van der Waals surface area contributed by atoms with Crippen LogP contribution in [0.25, 0.3) is 0 Å². The molecule has 120 valence electrons. The van der Waals surface area contributed by atoms with E-state index >= 15 is 0 Å². The summed E-state index contributed by atoms with van der Waals surface area (Å²) in [4.78, 5) is 20.9. The van der Waals surface area contributed by atoms with Gasteiger partial charge in [0.2, 0.25) is 0 Å². The molecule has 0 spiro atoms. The second-order valence-electron chi connectivity index (χ2n) is 4.15. The largest absolute Gasteiger partial charge is 0.478 e. The summed E-state index contributed by atoms with van der Waals surface area (Å²) in [5.41, 5.74) is 0.236. The minimum absolute atomic E-state index is 0.118. The van der Waals surface area contributed by atoms with Gasteiger partial charge in [0.15, 0.2) is 0 Å². The molecule has 0 atom stereocenters. The number of hydrogen-bond acceptors (Lipinski definition) is 5. The molecular weight excluding hydrogens is 280 g/mol. The predicted octanol–water partition coefficient (Wildman–Crippen LogP) is 1.10. The summed E-state index contributed by atoms with van der Waals surface area (Å²) in [6.45, 7) is 8.84. The molecule has 2 N–H and O–H groups in total. The van der Waals surface area contributed by atoms with Gasteiger partial charge in [-0.3, -0.25) is 0 Å². The Labute approximate surface area is 123 Å². The molecule has 21 heavy (non-hydrogen) atoms. The number of ether oxygens (including phenoxy) is 3. The van der Waals surface area contributed by atoms with Crippen LogP contribution in [0.2, 0.25) is 0 Å². The van der Waals surface area contributed by atoms with Crippen LogP contribution in [0.5, 0.6) is 0 Å². The quantitative estimate of drug-likeness (QED) is 0.366. The highest BCUT2D eigenvalue weighted by atomic mass is 16.5. The number of hydrogen-bond donors (Lipinski definition) is 2. The zero-order valence-corrected chi connectivity index (χ0v) is 12.0. The molecule has 0 saturated carbocycles. The third-order valence-corrected chi connectivity index (χ3v) is 2.45. The van der Waals surface area contributed by atoms with Crippen LogP contribution in [-0.2, 0) is 23.8 Å². The van der Waals surface area contributed by atoms with Gasteiger partial charge in [0.05, 0.1) is 39.6 Å². The van der Waals surface area contributed by atoms with Crippen LogP contribution < -0.4 is 0 Å². The number of aliphatic carboxylic acids is 2. The first-order valence-electron chi connectivity index (χ1n) is 6.50. The van der Waals surface area contributed by atoms with E-state index in [1.54, 1.807) is 0 Å². The fourth-order valence-corrected chi connectivity index (χ4v) is 1.15. The van der Waals surface area contributed by atoms with E-state index in [1.165, 1.54) is 0 Å². The van der Waals surface area contributed by atoms with Gasteiger partial charge in [-0.15, -0.1) is 0 Å². The monoisotopic (exact) mass is 302 g/mol. The van der Waals surface area contributed by atoms with Crippen LogP contribution >= 0.6 is 0 Å². The van der Waals surface area contributed by atoms with Gasteiger partial charge in [0, 0.05) is 24.0 Å². The Kier molecular flexibility index (Phi) is 11.1. The van der Waals surface area contributed by atoms with Gasteiger partial charge < -0.3 is 24.4 Å². The molecule has 0 aliphatic carbocycles. The summed E-state index contributed by atoms with van der Waals surface area (Å²) >= 11 is 0. The van der Waals surface area contributed by atoms with Crippen LogP contribution in [0.4, 0.5) is 0 Å². The molecular formula is C14H22O7. The molecule has 0 aliphatic heterocycles. The first-order valence-corrected chi connectivity index (χ1v) is 6.50.